The minimum Gasteiger partial charge on any atom is -0.497 e. The van der Waals surface area contributed by atoms with Gasteiger partial charge < -0.3 is 10.1 Å². The zero-order valence-electron chi connectivity index (χ0n) is 14.1. The summed E-state index contributed by atoms with van der Waals surface area (Å²) < 4.78 is 5.21. The molecule has 4 heteroatoms. The molecule has 0 aliphatic heterocycles. The maximum absolute atomic E-state index is 6.24. The standard InChI is InChI=1S/C20H23Cl2NO/c1-14(23-13-15-4-7-17(24-2)8-5-15)20(10-3-11-20)16-6-9-18(21)19(22)12-16/h4-9,12,14,23H,3,10-11,13H2,1-2H3. The third-order valence-electron chi connectivity index (χ3n) is 5.34. The van der Waals surface area contributed by atoms with Crippen molar-refractivity contribution in [3.63, 3.8) is 0 Å². The first kappa shape index (κ1) is 17.6. The van der Waals surface area contributed by atoms with Gasteiger partial charge in [0, 0.05) is 18.0 Å². The number of rotatable bonds is 6. The fourth-order valence-corrected chi connectivity index (χ4v) is 3.84. The molecule has 24 heavy (non-hydrogen) atoms. The number of hydrogen-bond acceptors (Lipinski definition) is 2. The lowest BCUT2D eigenvalue weighted by molar-refractivity contribution is 0.178. The normalized spacial score (nSPS) is 17.2. The molecule has 1 fully saturated rings. The lowest BCUT2D eigenvalue weighted by atomic mass is 9.60. The highest BCUT2D eigenvalue weighted by Gasteiger charge is 2.43. The van der Waals surface area contributed by atoms with Crippen molar-refractivity contribution in [3.05, 3.63) is 63.6 Å². The van der Waals surface area contributed by atoms with Crippen LogP contribution in [0.4, 0.5) is 0 Å². The van der Waals surface area contributed by atoms with Crippen LogP contribution in [0.2, 0.25) is 10.0 Å². The molecule has 1 atom stereocenters. The van der Waals surface area contributed by atoms with Crippen LogP contribution in [0.5, 0.6) is 5.75 Å². The Morgan fingerprint density at radius 3 is 2.33 bits per heavy atom. The van der Waals surface area contributed by atoms with E-state index in [-0.39, 0.29) is 5.41 Å². The molecule has 2 aromatic rings. The lowest BCUT2D eigenvalue weighted by Gasteiger charge is -2.47. The zero-order valence-corrected chi connectivity index (χ0v) is 15.6. The van der Waals surface area contributed by atoms with Gasteiger partial charge >= 0.3 is 0 Å². The minimum atomic E-state index is 0.153. The van der Waals surface area contributed by atoms with Crippen molar-refractivity contribution in [2.75, 3.05) is 7.11 Å². The largest absolute Gasteiger partial charge is 0.497 e. The van der Waals surface area contributed by atoms with Gasteiger partial charge in [0.2, 0.25) is 0 Å². The highest BCUT2D eigenvalue weighted by Crippen LogP contribution is 2.47. The molecule has 2 nitrogen and oxygen atoms in total. The number of ether oxygens (including phenoxy) is 1. The number of methoxy groups -OCH3 is 1. The molecule has 1 aliphatic rings. The monoisotopic (exact) mass is 363 g/mol. The van der Waals surface area contributed by atoms with Crippen LogP contribution in [-0.4, -0.2) is 13.2 Å². The number of halogens is 2. The fourth-order valence-electron chi connectivity index (χ4n) is 3.54. The molecule has 128 valence electrons. The molecule has 0 aromatic heterocycles. The van der Waals surface area contributed by atoms with E-state index >= 15 is 0 Å². The fraction of sp³-hybridized carbons (Fsp3) is 0.400. The van der Waals surface area contributed by atoms with Gasteiger partial charge in [-0.15, -0.1) is 0 Å². The Bertz CT molecular complexity index is 695. The van der Waals surface area contributed by atoms with Crippen molar-refractivity contribution in [2.45, 2.75) is 44.2 Å². The van der Waals surface area contributed by atoms with Gasteiger partial charge in [0.25, 0.3) is 0 Å². The van der Waals surface area contributed by atoms with Crippen LogP contribution in [0.15, 0.2) is 42.5 Å². The molecule has 1 N–H and O–H groups in total. The molecular formula is C20H23Cl2NO. The topological polar surface area (TPSA) is 21.3 Å². The second kappa shape index (κ2) is 7.35. The number of nitrogens with one attached hydrogen (secondary N) is 1. The second-order valence-electron chi connectivity index (χ2n) is 6.59. The summed E-state index contributed by atoms with van der Waals surface area (Å²) in [4.78, 5) is 0. The van der Waals surface area contributed by atoms with E-state index in [1.54, 1.807) is 7.11 Å². The summed E-state index contributed by atoms with van der Waals surface area (Å²) in [6, 6.07) is 14.6. The molecule has 0 saturated heterocycles. The van der Waals surface area contributed by atoms with Gasteiger partial charge in [0.1, 0.15) is 5.75 Å². The molecule has 1 unspecified atom stereocenters. The van der Waals surface area contributed by atoms with Crippen LogP contribution in [0.3, 0.4) is 0 Å². The Labute approximate surface area is 154 Å². The van der Waals surface area contributed by atoms with E-state index in [0.717, 1.165) is 12.3 Å². The Kier molecular flexibility index (Phi) is 5.39. The van der Waals surface area contributed by atoms with E-state index in [2.05, 4.69) is 30.4 Å². The van der Waals surface area contributed by atoms with Crippen molar-refractivity contribution < 1.29 is 4.74 Å². The van der Waals surface area contributed by atoms with Gasteiger partial charge in [0.05, 0.1) is 17.2 Å². The van der Waals surface area contributed by atoms with Crippen molar-refractivity contribution in [1.82, 2.24) is 5.32 Å². The molecule has 1 aliphatic carbocycles. The Balaban J connectivity index is 1.71. The molecule has 1 saturated carbocycles. The molecule has 0 spiro atoms. The van der Waals surface area contributed by atoms with E-state index in [1.807, 2.05) is 24.3 Å². The maximum Gasteiger partial charge on any atom is 0.118 e. The summed E-state index contributed by atoms with van der Waals surface area (Å²) in [5, 5.41) is 4.96. The summed E-state index contributed by atoms with van der Waals surface area (Å²) in [5.74, 6) is 0.887. The lowest BCUT2D eigenvalue weighted by Crippen LogP contribution is -2.50. The molecule has 2 aromatic carbocycles. The first-order valence-electron chi connectivity index (χ1n) is 8.37. The Morgan fingerprint density at radius 2 is 1.79 bits per heavy atom. The van der Waals surface area contributed by atoms with Crippen LogP contribution < -0.4 is 10.1 Å². The Hall–Kier alpha value is -1.22. The molecule has 3 rings (SSSR count). The summed E-state index contributed by atoms with van der Waals surface area (Å²) in [6.45, 7) is 3.11. The third-order valence-corrected chi connectivity index (χ3v) is 6.08. The first-order valence-corrected chi connectivity index (χ1v) is 9.12. The van der Waals surface area contributed by atoms with Crippen molar-refractivity contribution in [3.8, 4) is 5.75 Å². The molecular weight excluding hydrogens is 341 g/mol. The molecule has 0 amide bonds. The predicted octanol–water partition coefficient (Wildman–Crippen LogP) is 5.60. The SMILES string of the molecule is COc1ccc(CNC(C)C2(c3ccc(Cl)c(Cl)c3)CCC2)cc1. The zero-order chi connectivity index (χ0) is 17.2. The summed E-state index contributed by atoms with van der Waals surface area (Å²) in [6.07, 6.45) is 3.62. The van der Waals surface area contributed by atoms with E-state index in [1.165, 1.54) is 30.4 Å². The van der Waals surface area contributed by atoms with Gasteiger partial charge in [-0.25, -0.2) is 0 Å². The van der Waals surface area contributed by atoms with E-state index < -0.39 is 0 Å². The summed E-state index contributed by atoms with van der Waals surface area (Å²) in [5.41, 5.74) is 2.70. The summed E-state index contributed by atoms with van der Waals surface area (Å²) in [7, 11) is 1.69. The molecule has 0 heterocycles. The van der Waals surface area contributed by atoms with E-state index in [0.29, 0.717) is 16.1 Å². The van der Waals surface area contributed by atoms with Gasteiger partial charge in [-0.1, -0.05) is 47.8 Å². The van der Waals surface area contributed by atoms with Crippen LogP contribution >= 0.6 is 23.2 Å². The highest BCUT2D eigenvalue weighted by molar-refractivity contribution is 6.42. The maximum atomic E-state index is 6.24. The molecule has 0 bridgehead atoms. The van der Waals surface area contributed by atoms with Crippen molar-refractivity contribution in [1.29, 1.82) is 0 Å². The van der Waals surface area contributed by atoms with Crippen LogP contribution in [0, 0.1) is 0 Å². The minimum absolute atomic E-state index is 0.153. The first-order chi connectivity index (χ1) is 11.5. The summed E-state index contributed by atoms with van der Waals surface area (Å²) >= 11 is 12.3. The third kappa shape index (κ3) is 3.42. The van der Waals surface area contributed by atoms with Gasteiger partial charge in [-0.2, -0.15) is 0 Å². The quantitative estimate of drug-likeness (QED) is 0.720. The van der Waals surface area contributed by atoms with Gasteiger partial charge in [0.15, 0.2) is 0 Å². The van der Waals surface area contributed by atoms with E-state index in [4.69, 9.17) is 27.9 Å². The van der Waals surface area contributed by atoms with Gasteiger partial charge in [-0.05, 0) is 55.2 Å². The van der Waals surface area contributed by atoms with E-state index in [9.17, 15) is 0 Å². The predicted molar refractivity (Wildman–Crippen MR) is 101 cm³/mol. The average molecular weight is 364 g/mol. The number of hydrogen-bond donors (Lipinski definition) is 1. The Morgan fingerprint density at radius 1 is 1.08 bits per heavy atom. The van der Waals surface area contributed by atoms with Crippen molar-refractivity contribution >= 4 is 23.2 Å². The average Bonchev–Trinajstić information content (AvgIpc) is 2.55. The smallest absolute Gasteiger partial charge is 0.118 e. The highest BCUT2D eigenvalue weighted by atomic mass is 35.5. The molecule has 0 radical (unpaired) electrons. The van der Waals surface area contributed by atoms with Crippen molar-refractivity contribution in [2.24, 2.45) is 0 Å². The van der Waals surface area contributed by atoms with Gasteiger partial charge in [-0.3, -0.25) is 0 Å². The van der Waals surface area contributed by atoms with Crippen LogP contribution in [0.25, 0.3) is 0 Å². The number of benzene rings is 2. The van der Waals surface area contributed by atoms with Crippen LogP contribution in [0.1, 0.15) is 37.3 Å². The van der Waals surface area contributed by atoms with Crippen LogP contribution in [-0.2, 0) is 12.0 Å². The second-order valence-corrected chi connectivity index (χ2v) is 7.40.